The van der Waals surface area contributed by atoms with Crippen LogP contribution in [0.5, 0.6) is 11.5 Å². The summed E-state index contributed by atoms with van der Waals surface area (Å²) in [7, 11) is 1.29. The zero-order valence-corrected chi connectivity index (χ0v) is 13.9. The fourth-order valence-electron chi connectivity index (χ4n) is 2.20. The van der Waals surface area contributed by atoms with Crippen LogP contribution in [0.15, 0.2) is 30.4 Å². The summed E-state index contributed by atoms with van der Waals surface area (Å²) in [5.41, 5.74) is 2.44. The maximum Gasteiger partial charge on any atom is 0.341 e. The molecule has 1 rings (SSSR count). The first-order chi connectivity index (χ1) is 10.3. The van der Waals surface area contributed by atoms with Gasteiger partial charge >= 0.3 is 5.97 Å². The van der Waals surface area contributed by atoms with Gasteiger partial charge < -0.3 is 14.6 Å². The van der Waals surface area contributed by atoms with Crippen LogP contribution in [0.25, 0.3) is 0 Å². The molecule has 0 spiro atoms. The molecule has 0 aliphatic carbocycles. The Hall–Kier alpha value is -2.23. The fraction of sp³-hybridized carbons (Fsp3) is 0.389. The Morgan fingerprint density at radius 1 is 1.41 bits per heavy atom. The van der Waals surface area contributed by atoms with E-state index >= 15 is 0 Å². The van der Waals surface area contributed by atoms with Crippen LogP contribution in [0.1, 0.15) is 41.8 Å². The van der Waals surface area contributed by atoms with Gasteiger partial charge in [0.2, 0.25) is 0 Å². The van der Waals surface area contributed by atoms with E-state index < -0.39 is 5.97 Å². The van der Waals surface area contributed by atoms with E-state index in [1.54, 1.807) is 26.0 Å². The van der Waals surface area contributed by atoms with Crippen molar-refractivity contribution in [2.75, 3.05) is 7.11 Å². The first-order valence-corrected chi connectivity index (χ1v) is 7.15. The van der Waals surface area contributed by atoms with Gasteiger partial charge in [-0.2, -0.15) is 0 Å². The molecule has 0 saturated carbocycles. The Morgan fingerprint density at radius 2 is 2.05 bits per heavy atom. The van der Waals surface area contributed by atoms with E-state index in [9.17, 15) is 9.90 Å². The van der Waals surface area contributed by atoms with Crippen molar-refractivity contribution in [2.45, 2.75) is 40.2 Å². The molecule has 0 heterocycles. The van der Waals surface area contributed by atoms with Gasteiger partial charge in [-0.25, -0.2) is 4.79 Å². The van der Waals surface area contributed by atoms with Gasteiger partial charge in [-0.05, 0) is 45.4 Å². The smallest absolute Gasteiger partial charge is 0.341 e. The molecule has 1 atom stereocenters. The van der Waals surface area contributed by atoms with Gasteiger partial charge in [-0.15, -0.1) is 6.58 Å². The third kappa shape index (κ3) is 4.13. The van der Waals surface area contributed by atoms with Crippen LogP contribution in [-0.2, 0) is 4.74 Å². The van der Waals surface area contributed by atoms with Crippen molar-refractivity contribution in [2.24, 2.45) is 0 Å². The highest BCUT2D eigenvalue weighted by molar-refractivity contribution is 5.95. The van der Waals surface area contributed by atoms with Crippen LogP contribution in [0.2, 0.25) is 0 Å². The lowest BCUT2D eigenvalue weighted by Crippen LogP contribution is -2.15. The first-order valence-electron chi connectivity index (χ1n) is 7.15. The molecule has 0 saturated heterocycles. The number of aryl methyl sites for hydroxylation is 1. The molecule has 0 aliphatic heterocycles. The quantitative estimate of drug-likeness (QED) is 0.635. The predicted molar refractivity (Wildman–Crippen MR) is 87.6 cm³/mol. The minimum atomic E-state index is -0.559. The van der Waals surface area contributed by atoms with E-state index in [4.69, 9.17) is 9.47 Å². The Labute approximate surface area is 132 Å². The number of hydrogen-bond donors (Lipinski definition) is 1. The maximum atomic E-state index is 11.7. The molecule has 4 heteroatoms. The van der Waals surface area contributed by atoms with Crippen molar-refractivity contribution >= 4 is 5.97 Å². The molecule has 22 heavy (non-hydrogen) atoms. The minimum Gasteiger partial charge on any atom is -0.507 e. The SMILES string of the molecule is C=CCC(C=C(C)C)Oc1cc(C)c(C(=O)OC)c(O)c1C. The number of carbonyl (C=O) groups excluding carboxylic acids is 1. The molecular weight excluding hydrogens is 280 g/mol. The second-order valence-corrected chi connectivity index (χ2v) is 5.46. The van der Waals surface area contributed by atoms with E-state index in [1.807, 2.05) is 19.9 Å². The zero-order chi connectivity index (χ0) is 16.9. The van der Waals surface area contributed by atoms with Crippen molar-refractivity contribution in [3.8, 4) is 11.5 Å². The zero-order valence-electron chi connectivity index (χ0n) is 13.9. The summed E-state index contributed by atoms with van der Waals surface area (Å²) in [4.78, 5) is 11.7. The van der Waals surface area contributed by atoms with Gasteiger partial charge in [-0.3, -0.25) is 0 Å². The summed E-state index contributed by atoms with van der Waals surface area (Å²) >= 11 is 0. The van der Waals surface area contributed by atoms with Gasteiger partial charge in [0.05, 0.1) is 7.11 Å². The fourth-order valence-corrected chi connectivity index (χ4v) is 2.20. The summed E-state index contributed by atoms with van der Waals surface area (Å²) in [6.45, 7) is 11.2. The van der Waals surface area contributed by atoms with Crippen molar-refractivity contribution in [3.63, 3.8) is 0 Å². The van der Waals surface area contributed by atoms with Gasteiger partial charge in [0, 0.05) is 12.0 Å². The highest BCUT2D eigenvalue weighted by Gasteiger charge is 2.21. The number of phenolic OH excluding ortho intramolecular Hbond substituents is 1. The number of phenols is 1. The molecule has 1 N–H and O–H groups in total. The number of methoxy groups -OCH3 is 1. The highest BCUT2D eigenvalue weighted by Crippen LogP contribution is 2.34. The largest absolute Gasteiger partial charge is 0.507 e. The second kappa shape index (κ2) is 7.69. The Balaban J connectivity index is 3.24. The number of hydrogen-bond acceptors (Lipinski definition) is 4. The normalized spacial score (nSPS) is 11.5. The molecule has 0 amide bonds. The number of benzene rings is 1. The number of rotatable bonds is 6. The second-order valence-electron chi connectivity index (χ2n) is 5.46. The van der Waals surface area contributed by atoms with E-state index in [1.165, 1.54) is 7.11 Å². The summed E-state index contributed by atoms with van der Waals surface area (Å²) in [6, 6.07) is 1.75. The molecule has 0 aliphatic rings. The molecule has 120 valence electrons. The molecule has 4 nitrogen and oxygen atoms in total. The lowest BCUT2D eigenvalue weighted by molar-refractivity contribution is 0.0596. The lowest BCUT2D eigenvalue weighted by Gasteiger charge is -2.19. The number of carbonyl (C=O) groups is 1. The molecule has 0 fully saturated rings. The van der Waals surface area contributed by atoms with Crippen LogP contribution >= 0.6 is 0 Å². The van der Waals surface area contributed by atoms with E-state index in [0.29, 0.717) is 23.3 Å². The topological polar surface area (TPSA) is 55.8 Å². The van der Waals surface area contributed by atoms with Gasteiger partial charge in [0.15, 0.2) is 0 Å². The molecule has 0 aromatic heterocycles. The average Bonchev–Trinajstić information content (AvgIpc) is 2.43. The summed E-state index contributed by atoms with van der Waals surface area (Å²) in [5.74, 6) is -0.111. The van der Waals surface area contributed by atoms with Crippen molar-refractivity contribution in [1.29, 1.82) is 0 Å². The first kappa shape index (κ1) is 17.8. The highest BCUT2D eigenvalue weighted by atomic mass is 16.5. The maximum absolute atomic E-state index is 11.7. The van der Waals surface area contributed by atoms with Crippen LogP contribution < -0.4 is 4.74 Å². The lowest BCUT2D eigenvalue weighted by atomic mass is 10.0. The molecule has 1 aromatic rings. The van der Waals surface area contributed by atoms with E-state index in [2.05, 4.69) is 6.58 Å². The number of esters is 1. The van der Waals surface area contributed by atoms with Crippen LogP contribution in [-0.4, -0.2) is 24.3 Å². The Morgan fingerprint density at radius 3 is 2.55 bits per heavy atom. The van der Waals surface area contributed by atoms with Crippen molar-refractivity contribution in [3.05, 3.63) is 47.1 Å². The standard InChI is InChI=1S/C18H24O4/c1-7-8-14(9-11(2)3)22-15-10-12(4)16(18(20)21-6)17(19)13(15)5/h7,9-10,14,19H,1,8H2,2-6H3. The third-order valence-electron chi connectivity index (χ3n) is 3.29. The summed E-state index contributed by atoms with van der Waals surface area (Å²) < 4.78 is 10.7. The molecule has 1 unspecified atom stereocenters. The number of aromatic hydroxyl groups is 1. The van der Waals surface area contributed by atoms with Crippen molar-refractivity contribution < 1.29 is 19.4 Å². The molecular formula is C18H24O4. The average molecular weight is 304 g/mol. The predicted octanol–water partition coefficient (Wildman–Crippen LogP) is 4.09. The summed E-state index contributed by atoms with van der Waals surface area (Å²) in [6.07, 6.45) is 4.28. The molecule has 0 bridgehead atoms. The Bertz CT molecular complexity index is 596. The van der Waals surface area contributed by atoms with Gasteiger partial charge in [0.25, 0.3) is 0 Å². The monoisotopic (exact) mass is 304 g/mol. The summed E-state index contributed by atoms with van der Waals surface area (Å²) in [5, 5.41) is 10.3. The van der Waals surface area contributed by atoms with E-state index in [-0.39, 0.29) is 17.4 Å². The van der Waals surface area contributed by atoms with E-state index in [0.717, 1.165) is 5.57 Å². The Kier molecular flexibility index (Phi) is 6.23. The van der Waals surface area contributed by atoms with Gasteiger partial charge in [-0.1, -0.05) is 11.6 Å². The minimum absolute atomic E-state index is 0.101. The van der Waals surface area contributed by atoms with Crippen molar-refractivity contribution in [1.82, 2.24) is 0 Å². The molecule has 1 aromatic carbocycles. The van der Waals surface area contributed by atoms with Gasteiger partial charge in [0.1, 0.15) is 23.2 Å². The molecule has 0 radical (unpaired) electrons. The van der Waals surface area contributed by atoms with Crippen LogP contribution in [0.3, 0.4) is 0 Å². The number of ether oxygens (including phenoxy) is 2. The third-order valence-corrected chi connectivity index (χ3v) is 3.29. The van der Waals surface area contributed by atoms with Crippen LogP contribution in [0, 0.1) is 13.8 Å². The number of allylic oxidation sites excluding steroid dienone is 1. The van der Waals surface area contributed by atoms with Crippen LogP contribution in [0.4, 0.5) is 0 Å².